The number of aryl methyl sites for hydroxylation is 2. The fraction of sp³-hybridized carbons (Fsp3) is 0.294. The molecule has 1 nitrogen and oxygen atoms in total. The Morgan fingerprint density at radius 3 is 2.44 bits per heavy atom. The number of hydrogen-bond donors (Lipinski definition) is 0. The molecule has 0 aliphatic heterocycles. The number of hydrogen-bond acceptors (Lipinski definition) is 0. The van der Waals surface area contributed by atoms with Gasteiger partial charge in [0.25, 0.3) is 0 Å². The van der Waals surface area contributed by atoms with Gasteiger partial charge in [-0.1, -0.05) is 49.7 Å². The van der Waals surface area contributed by atoms with Gasteiger partial charge in [-0.05, 0) is 25.0 Å². The molecule has 3 aromatic rings. The van der Waals surface area contributed by atoms with Crippen molar-refractivity contribution >= 4 is 21.8 Å². The molecule has 2 aromatic carbocycles. The van der Waals surface area contributed by atoms with Gasteiger partial charge in [-0.2, -0.15) is 0 Å². The lowest BCUT2D eigenvalue weighted by molar-refractivity contribution is 0.816. The monoisotopic (exact) mass is 237 g/mol. The minimum absolute atomic E-state index is 1.03. The molecule has 0 radical (unpaired) electrons. The Morgan fingerprint density at radius 1 is 0.889 bits per heavy atom. The molecule has 0 N–H and O–H groups in total. The van der Waals surface area contributed by atoms with Crippen LogP contribution in [0.4, 0.5) is 0 Å². The van der Waals surface area contributed by atoms with Crippen molar-refractivity contribution in [2.24, 2.45) is 0 Å². The molecule has 92 valence electrons. The number of para-hydroxylation sites is 2. The molecule has 0 saturated carbocycles. The molecular formula is C17H19N. The van der Waals surface area contributed by atoms with Gasteiger partial charge in [0.15, 0.2) is 0 Å². The zero-order chi connectivity index (χ0) is 12.5. The van der Waals surface area contributed by atoms with Crippen molar-refractivity contribution in [2.75, 3.05) is 0 Å². The summed E-state index contributed by atoms with van der Waals surface area (Å²) in [4.78, 5) is 0. The molecule has 18 heavy (non-hydrogen) atoms. The van der Waals surface area contributed by atoms with Crippen molar-refractivity contribution in [1.29, 1.82) is 0 Å². The predicted octanol–water partition coefficient (Wildman–Crippen LogP) is 4.77. The molecule has 3 rings (SSSR count). The van der Waals surface area contributed by atoms with Crippen LogP contribution in [0.2, 0.25) is 0 Å². The molecule has 1 aromatic heterocycles. The van der Waals surface area contributed by atoms with E-state index < -0.39 is 0 Å². The van der Waals surface area contributed by atoms with Gasteiger partial charge >= 0.3 is 0 Å². The highest BCUT2D eigenvalue weighted by molar-refractivity contribution is 6.09. The van der Waals surface area contributed by atoms with Crippen LogP contribution in [0.25, 0.3) is 21.8 Å². The average molecular weight is 237 g/mol. The summed E-state index contributed by atoms with van der Waals surface area (Å²) in [6.07, 6.45) is 2.36. The molecule has 0 bridgehead atoms. The lowest BCUT2D eigenvalue weighted by Crippen LogP contribution is -1.96. The summed E-state index contributed by atoms with van der Waals surface area (Å²) in [6, 6.07) is 15.5. The highest BCUT2D eigenvalue weighted by atomic mass is 15.0. The number of nitrogens with zero attached hydrogens (tertiary/aromatic N) is 1. The maximum Gasteiger partial charge on any atom is 0.0523 e. The molecule has 0 aliphatic rings. The Bertz CT molecular complexity index is 691. The number of fused-ring (bicyclic) bond motifs is 3. The third-order valence-corrected chi connectivity index (χ3v) is 3.71. The SMILES string of the molecule is CCCc1cccc2c3ccccc3n(CC)c12. The Kier molecular flexibility index (Phi) is 2.83. The van der Waals surface area contributed by atoms with Gasteiger partial charge in [0.2, 0.25) is 0 Å². The summed E-state index contributed by atoms with van der Waals surface area (Å²) in [5, 5.41) is 2.78. The third kappa shape index (κ3) is 1.54. The second-order valence-corrected chi connectivity index (χ2v) is 4.82. The van der Waals surface area contributed by atoms with Crippen molar-refractivity contribution in [1.82, 2.24) is 4.57 Å². The first-order valence-corrected chi connectivity index (χ1v) is 6.85. The summed E-state index contributed by atoms with van der Waals surface area (Å²) in [5.41, 5.74) is 4.27. The second-order valence-electron chi connectivity index (χ2n) is 4.82. The fourth-order valence-electron chi connectivity index (χ4n) is 2.98. The van der Waals surface area contributed by atoms with Crippen molar-refractivity contribution in [2.45, 2.75) is 33.2 Å². The Hall–Kier alpha value is -1.76. The summed E-state index contributed by atoms with van der Waals surface area (Å²) >= 11 is 0. The summed E-state index contributed by atoms with van der Waals surface area (Å²) in [6.45, 7) is 5.51. The Morgan fingerprint density at radius 2 is 1.67 bits per heavy atom. The van der Waals surface area contributed by atoms with E-state index >= 15 is 0 Å². The molecule has 1 heteroatoms. The van der Waals surface area contributed by atoms with E-state index in [9.17, 15) is 0 Å². The average Bonchev–Trinajstić information content (AvgIpc) is 2.74. The predicted molar refractivity (Wildman–Crippen MR) is 79.1 cm³/mol. The molecule has 1 heterocycles. The molecule has 0 fully saturated rings. The van der Waals surface area contributed by atoms with E-state index in [1.165, 1.54) is 33.8 Å². The second kappa shape index (κ2) is 4.49. The zero-order valence-corrected chi connectivity index (χ0v) is 11.1. The molecule has 0 aliphatic carbocycles. The van der Waals surface area contributed by atoms with E-state index in [-0.39, 0.29) is 0 Å². The lowest BCUT2D eigenvalue weighted by Gasteiger charge is -2.07. The van der Waals surface area contributed by atoms with Crippen LogP contribution in [0, 0.1) is 0 Å². The highest BCUT2D eigenvalue weighted by Gasteiger charge is 2.11. The minimum atomic E-state index is 1.03. The Labute approximate surface area is 108 Å². The molecule has 0 amide bonds. The van der Waals surface area contributed by atoms with Crippen LogP contribution in [-0.2, 0) is 13.0 Å². The van der Waals surface area contributed by atoms with Crippen LogP contribution in [0.3, 0.4) is 0 Å². The van der Waals surface area contributed by atoms with Crippen LogP contribution in [0.1, 0.15) is 25.8 Å². The number of aromatic nitrogens is 1. The van der Waals surface area contributed by atoms with Crippen LogP contribution in [0.15, 0.2) is 42.5 Å². The van der Waals surface area contributed by atoms with Gasteiger partial charge in [-0.25, -0.2) is 0 Å². The standard InChI is InChI=1S/C17H19N/c1-3-8-13-9-7-11-15-14-10-5-6-12-16(14)18(4-2)17(13)15/h5-7,9-12H,3-4,8H2,1-2H3. The molecule has 0 atom stereocenters. The molecule has 0 saturated heterocycles. The molecular weight excluding hydrogens is 218 g/mol. The van der Waals surface area contributed by atoms with Crippen molar-refractivity contribution in [3.8, 4) is 0 Å². The van der Waals surface area contributed by atoms with Gasteiger partial charge in [-0.15, -0.1) is 0 Å². The first-order chi connectivity index (χ1) is 8.86. The maximum atomic E-state index is 2.45. The minimum Gasteiger partial charge on any atom is -0.341 e. The first kappa shape index (κ1) is 11.3. The number of rotatable bonds is 3. The van der Waals surface area contributed by atoms with Gasteiger partial charge in [0.1, 0.15) is 0 Å². The van der Waals surface area contributed by atoms with Crippen molar-refractivity contribution in [3.05, 3.63) is 48.0 Å². The van der Waals surface area contributed by atoms with Crippen LogP contribution < -0.4 is 0 Å². The van der Waals surface area contributed by atoms with E-state index in [1.807, 2.05) is 0 Å². The molecule has 0 spiro atoms. The normalized spacial score (nSPS) is 11.4. The van der Waals surface area contributed by atoms with E-state index in [0.29, 0.717) is 0 Å². The van der Waals surface area contributed by atoms with Gasteiger partial charge in [0.05, 0.1) is 5.52 Å². The van der Waals surface area contributed by atoms with Crippen LogP contribution in [-0.4, -0.2) is 4.57 Å². The smallest absolute Gasteiger partial charge is 0.0523 e. The van der Waals surface area contributed by atoms with E-state index in [0.717, 1.165) is 13.0 Å². The zero-order valence-electron chi connectivity index (χ0n) is 11.1. The first-order valence-electron chi connectivity index (χ1n) is 6.85. The van der Waals surface area contributed by atoms with Crippen LogP contribution >= 0.6 is 0 Å². The lowest BCUT2D eigenvalue weighted by atomic mass is 10.1. The van der Waals surface area contributed by atoms with Gasteiger partial charge < -0.3 is 4.57 Å². The van der Waals surface area contributed by atoms with Crippen LogP contribution in [0.5, 0.6) is 0 Å². The number of benzene rings is 2. The summed E-state index contributed by atoms with van der Waals surface area (Å²) in [7, 11) is 0. The quantitative estimate of drug-likeness (QED) is 0.618. The third-order valence-electron chi connectivity index (χ3n) is 3.71. The van der Waals surface area contributed by atoms with Crippen molar-refractivity contribution < 1.29 is 0 Å². The van der Waals surface area contributed by atoms with E-state index in [1.54, 1.807) is 0 Å². The largest absolute Gasteiger partial charge is 0.341 e. The Balaban J connectivity index is 2.47. The fourth-order valence-corrected chi connectivity index (χ4v) is 2.98. The molecule has 0 unspecified atom stereocenters. The highest BCUT2D eigenvalue weighted by Crippen LogP contribution is 2.31. The van der Waals surface area contributed by atoms with E-state index in [4.69, 9.17) is 0 Å². The summed E-state index contributed by atoms with van der Waals surface area (Å²) < 4.78 is 2.45. The summed E-state index contributed by atoms with van der Waals surface area (Å²) in [5.74, 6) is 0. The maximum absolute atomic E-state index is 2.45. The van der Waals surface area contributed by atoms with Crippen molar-refractivity contribution in [3.63, 3.8) is 0 Å². The van der Waals surface area contributed by atoms with Gasteiger partial charge in [0, 0.05) is 22.8 Å². The van der Waals surface area contributed by atoms with Gasteiger partial charge in [-0.3, -0.25) is 0 Å². The topological polar surface area (TPSA) is 4.93 Å². The van der Waals surface area contributed by atoms with E-state index in [2.05, 4.69) is 60.9 Å².